The summed E-state index contributed by atoms with van der Waals surface area (Å²) in [4.78, 5) is 39.2. The van der Waals surface area contributed by atoms with Gasteiger partial charge in [0.15, 0.2) is 11.6 Å². The van der Waals surface area contributed by atoms with Crippen molar-refractivity contribution in [2.75, 3.05) is 29.9 Å². The van der Waals surface area contributed by atoms with Crippen LogP contribution in [-0.2, 0) is 4.79 Å². The number of hydrogen-bond donors (Lipinski definition) is 2. The van der Waals surface area contributed by atoms with Crippen LogP contribution in [-0.4, -0.2) is 62.2 Å². The molecule has 2 aromatic carbocycles. The van der Waals surface area contributed by atoms with Gasteiger partial charge in [0.1, 0.15) is 22.9 Å². The highest BCUT2D eigenvalue weighted by Crippen LogP contribution is 2.46. The molecule has 0 spiro atoms. The number of nitrogens with zero attached hydrogens (tertiary/aromatic N) is 5. The van der Waals surface area contributed by atoms with E-state index >= 15 is 13.2 Å². The summed E-state index contributed by atoms with van der Waals surface area (Å²) in [6, 6.07) is 4.30. The number of amides is 1. The number of carbonyl (C=O) groups excluding carboxylic acids is 1. The Morgan fingerprint density at radius 2 is 1.91 bits per heavy atom. The number of fused-ring (bicyclic) bond motifs is 2. The number of carbonyl (C=O) groups is 1. The number of pyridine rings is 1. The van der Waals surface area contributed by atoms with Crippen LogP contribution in [0.4, 0.5) is 24.7 Å². The van der Waals surface area contributed by atoms with Gasteiger partial charge in [-0.3, -0.25) is 14.3 Å². The maximum absolute atomic E-state index is 17.2. The second-order valence-electron chi connectivity index (χ2n) is 11.9. The number of halogens is 3. The van der Waals surface area contributed by atoms with Crippen LogP contribution < -0.4 is 15.9 Å². The Kier molecular flexibility index (Phi) is 7.54. The summed E-state index contributed by atoms with van der Waals surface area (Å²) in [5.74, 6) is -4.46. The average Bonchev–Trinajstić information content (AvgIpc) is 2.98. The van der Waals surface area contributed by atoms with Crippen molar-refractivity contribution in [1.29, 1.82) is 0 Å². The first-order chi connectivity index (χ1) is 21.5. The van der Waals surface area contributed by atoms with Crippen LogP contribution in [0.2, 0.25) is 0 Å². The zero-order valence-electron chi connectivity index (χ0n) is 25.4. The molecule has 234 valence electrons. The lowest BCUT2D eigenvalue weighted by molar-refractivity contribution is -0.127. The molecule has 6 rings (SSSR count). The van der Waals surface area contributed by atoms with Crippen LogP contribution in [0.25, 0.3) is 27.7 Å². The number of anilines is 2. The van der Waals surface area contributed by atoms with Crippen LogP contribution in [0.1, 0.15) is 44.4 Å². The van der Waals surface area contributed by atoms with Crippen LogP contribution in [0, 0.1) is 24.4 Å². The second kappa shape index (κ2) is 11.2. The minimum atomic E-state index is -1.24. The van der Waals surface area contributed by atoms with Gasteiger partial charge in [0, 0.05) is 31.9 Å². The number of phenolic OH excluding ortho intramolecular Hbond substituents is 1. The molecule has 1 saturated heterocycles. The van der Waals surface area contributed by atoms with Gasteiger partial charge in [-0.2, -0.15) is 4.98 Å². The standard InChI is InChI=1S/C33H33F3N6O3/c1-6-22(44)40-14-18(5)41-19(15-40)11-13-38-29-25-31(27(36)24(26(29)35)23-20(34)8-7-9-21(23)43)42(33(45)39-32(25)41)30-17(4)10-12-37-28(30)16(2)3/h6-10,12,16,18-19,38,43H,1,11,13-15H2,2-5H3. The van der Waals surface area contributed by atoms with Gasteiger partial charge in [-0.05, 0) is 56.0 Å². The largest absolute Gasteiger partial charge is 0.507 e. The fourth-order valence-corrected chi connectivity index (χ4v) is 6.69. The highest BCUT2D eigenvalue weighted by Gasteiger charge is 2.39. The smallest absolute Gasteiger partial charge is 0.354 e. The molecule has 2 aliphatic rings. The van der Waals surface area contributed by atoms with Gasteiger partial charge in [0.05, 0.1) is 39.6 Å². The molecular weight excluding hydrogens is 585 g/mol. The van der Waals surface area contributed by atoms with Crippen molar-refractivity contribution in [2.24, 2.45) is 0 Å². The minimum absolute atomic E-state index is 0.0119. The molecule has 2 N–H and O–H groups in total. The molecule has 1 fully saturated rings. The van der Waals surface area contributed by atoms with E-state index in [2.05, 4.69) is 21.9 Å². The van der Waals surface area contributed by atoms with E-state index in [4.69, 9.17) is 0 Å². The molecule has 0 aliphatic carbocycles. The van der Waals surface area contributed by atoms with Gasteiger partial charge in [0.2, 0.25) is 5.91 Å². The lowest BCUT2D eigenvalue weighted by Gasteiger charge is -2.47. The molecule has 0 saturated carbocycles. The van der Waals surface area contributed by atoms with Gasteiger partial charge >= 0.3 is 5.69 Å². The van der Waals surface area contributed by atoms with Crippen molar-refractivity contribution < 1.29 is 23.1 Å². The summed E-state index contributed by atoms with van der Waals surface area (Å²) in [7, 11) is 0. The molecule has 12 heteroatoms. The molecule has 2 aromatic heterocycles. The Balaban J connectivity index is 1.79. The van der Waals surface area contributed by atoms with Crippen molar-refractivity contribution in [3.8, 4) is 22.6 Å². The number of rotatable bonds is 4. The quantitative estimate of drug-likeness (QED) is 0.295. The van der Waals surface area contributed by atoms with Crippen LogP contribution in [0.3, 0.4) is 0 Å². The van der Waals surface area contributed by atoms with Gasteiger partial charge in [0.25, 0.3) is 0 Å². The summed E-state index contributed by atoms with van der Waals surface area (Å²) >= 11 is 0. The Morgan fingerprint density at radius 1 is 1.16 bits per heavy atom. The Bertz CT molecular complexity index is 1920. The summed E-state index contributed by atoms with van der Waals surface area (Å²) in [5, 5.41) is 13.7. The molecule has 2 aliphatic heterocycles. The topological polar surface area (TPSA) is 104 Å². The molecule has 0 radical (unpaired) electrons. The van der Waals surface area contributed by atoms with E-state index in [0.29, 0.717) is 17.7 Å². The highest BCUT2D eigenvalue weighted by atomic mass is 19.1. The van der Waals surface area contributed by atoms with E-state index in [9.17, 15) is 14.7 Å². The van der Waals surface area contributed by atoms with Crippen molar-refractivity contribution in [3.05, 3.63) is 82.3 Å². The lowest BCUT2D eigenvalue weighted by Crippen LogP contribution is -2.60. The molecular formula is C33H33F3N6O3. The normalized spacial score (nSPS) is 18.0. The maximum Gasteiger partial charge on any atom is 0.354 e. The molecule has 4 heterocycles. The predicted molar refractivity (Wildman–Crippen MR) is 167 cm³/mol. The predicted octanol–water partition coefficient (Wildman–Crippen LogP) is 5.41. The number of aryl methyl sites for hydroxylation is 1. The van der Waals surface area contributed by atoms with Gasteiger partial charge in [-0.15, -0.1) is 0 Å². The van der Waals surface area contributed by atoms with E-state index in [-0.39, 0.29) is 65.6 Å². The number of piperazine rings is 1. The summed E-state index contributed by atoms with van der Waals surface area (Å²) in [6.45, 7) is 11.7. The number of benzene rings is 2. The fraction of sp³-hybridized carbons (Fsp3) is 0.333. The van der Waals surface area contributed by atoms with E-state index in [1.54, 1.807) is 24.1 Å². The Morgan fingerprint density at radius 3 is 2.60 bits per heavy atom. The lowest BCUT2D eigenvalue weighted by atomic mass is 9.95. The molecule has 2 unspecified atom stereocenters. The molecule has 1 amide bonds. The van der Waals surface area contributed by atoms with Gasteiger partial charge in [-0.1, -0.05) is 26.5 Å². The molecule has 2 atom stereocenters. The summed E-state index contributed by atoms with van der Waals surface area (Å²) in [5.41, 5.74) is -1.47. The number of phenols is 1. The zero-order chi connectivity index (χ0) is 32.3. The first-order valence-electron chi connectivity index (χ1n) is 14.8. The third kappa shape index (κ3) is 4.70. The summed E-state index contributed by atoms with van der Waals surface area (Å²) in [6.07, 6.45) is 3.24. The number of aromatic hydroxyl groups is 1. The number of aromatic nitrogens is 3. The molecule has 4 aromatic rings. The van der Waals surface area contributed by atoms with Crippen molar-refractivity contribution in [1.82, 2.24) is 19.4 Å². The highest BCUT2D eigenvalue weighted by molar-refractivity contribution is 6.05. The van der Waals surface area contributed by atoms with E-state index < -0.39 is 46.1 Å². The maximum atomic E-state index is 17.2. The van der Waals surface area contributed by atoms with Gasteiger partial charge < -0.3 is 20.2 Å². The number of hydrogen-bond acceptors (Lipinski definition) is 7. The second-order valence-corrected chi connectivity index (χ2v) is 11.9. The molecule has 45 heavy (non-hydrogen) atoms. The van der Waals surface area contributed by atoms with Gasteiger partial charge in [-0.25, -0.2) is 18.0 Å². The van der Waals surface area contributed by atoms with E-state index in [0.717, 1.165) is 16.7 Å². The Labute approximate surface area is 257 Å². The molecule has 0 bridgehead atoms. The third-order valence-corrected chi connectivity index (χ3v) is 8.65. The Hall–Kier alpha value is -4.87. The third-order valence-electron chi connectivity index (χ3n) is 8.65. The van der Waals surface area contributed by atoms with Crippen LogP contribution >= 0.6 is 0 Å². The SMILES string of the molecule is C=CC(=O)N1CC(C)N2c3nc(=O)n(-c4c(C)ccnc4C(C)C)c4c(F)c(-c5c(O)cccc5F)c(F)c(c34)NCCC2C1. The first kappa shape index (κ1) is 30.2. The summed E-state index contributed by atoms with van der Waals surface area (Å²) < 4.78 is 50.3. The average molecular weight is 619 g/mol. The van der Waals surface area contributed by atoms with E-state index in [1.165, 1.54) is 12.1 Å². The van der Waals surface area contributed by atoms with Crippen LogP contribution in [0.15, 0.2) is 47.9 Å². The zero-order valence-corrected chi connectivity index (χ0v) is 25.4. The number of nitrogens with one attached hydrogen (secondary N) is 1. The minimum Gasteiger partial charge on any atom is -0.507 e. The van der Waals surface area contributed by atoms with Crippen molar-refractivity contribution >= 4 is 28.3 Å². The van der Waals surface area contributed by atoms with E-state index in [1.807, 2.05) is 25.7 Å². The van der Waals surface area contributed by atoms with Crippen molar-refractivity contribution in [2.45, 2.75) is 52.1 Å². The first-order valence-corrected chi connectivity index (χ1v) is 14.8. The fourth-order valence-electron chi connectivity index (χ4n) is 6.69. The van der Waals surface area contributed by atoms with Crippen LogP contribution in [0.5, 0.6) is 5.75 Å². The molecule has 9 nitrogen and oxygen atoms in total. The van der Waals surface area contributed by atoms with Crippen molar-refractivity contribution in [3.63, 3.8) is 0 Å². The monoisotopic (exact) mass is 618 g/mol.